The molecule has 0 aromatic heterocycles. The van der Waals surface area contributed by atoms with E-state index >= 15 is 0 Å². The fourth-order valence-corrected chi connectivity index (χ4v) is 2.49. The Morgan fingerprint density at radius 1 is 1.47 bits per heavy atom. The van der Waals surface area contributed by atoms with E-state index < -0.39 is 0 Å². The van der Waals surface area contributed by atoms with Gasteiger partial charge in [-0.2, -0.15) is 0 Å². The van der Waals surface area contributed by atoms with Gasteiger partial charge < -0.3 is 10.6 Å². The van der Waals surface area contributed by atoms with Crippen molar-refractivity contribution in [2.75, 3.05) is 18.0 Å². The van der Waals surface area contributed by atoms with Gasteiger partial charge in [-0.05, 0) is 53.2 Å². The molecular weight excluding hydrogens is 283 g/mol. The highest BCUT2D eigenvalue weighted by molar-refractivity contribution is 9.10. The number of anilines is 1. The van der Waals surface area contributed by atoms with Crippen LogP contribution in [0.2, 0.25) is 0 Å². The fourth-order valence-electron chi connectivity index (χ4n) is 1.99. The zero-order valence-electron chi connectivity index (χ0n) is 10.0. The second kappa shape index (κ2) is 5.36. The van der Waals surface area contributed by atoms with Crippen LogP contribution in [0.1, 0.15) is 25.3 Å². The molecule has 94 valence electrons. The minimum Gasteiger partial charge on any atom is -0.369 e. The SMILES string of the molecule is CCN(CC1CC1)c1ccc(CN)c(Br)c1F. The standard InChI is InChI=1S/C13H18BrFN2/c1-2-17(8-9-3-4-9)11-6-5-10(7-16)12(14)13(11)15/h5-6,9H,2-4,7-8,16H2,1H3. The minimum atomic E-state index is -0.185. The van der Waals surface area contributed by atoms with Gasteiger partial charge in [0.15, 0.2) is 5.82 Å². The lowest BCUT2D eigenvalue weighted by Gasteiger charge is -2.24. The zero-order chi connectivity index (χ0) is 12.4. The van der Waals surface area contributed by atoms with Gasteiger partial charge in [-0.15, -0.1) is 0 Å². The summed E-state index contributed by atoms with van der Waals surface area (Å²) in [4.78, 5) is 2.11. The molecule has 17 heavy (non-hydrogen) atoms. The smallest absolute Gasteiger partial charge is 0.160 e. The number of hydrogen-bond acceptors (Lipinski definition) is 2. The Bertz CT molecular complexity index is 405. The second-order valence-electron chi connectivity index (χ2n) is 4.56. The minimum absolute atomic E-state index is 0.185. The number of rotatable bonds is 5. The molecule has 0 unspecified atom stereocenters. The zero-order valence-corrected chi connectivity index (χ0v) is 11.6. The number of hydrogen-bond donors (Lipinski definition) is 1. The van der Waals surface area contributed by atoms with Crippen molar-refractivity contribution in [2.45, 2.75) is 26.3 Å². The third-order valence-corrected chi connectivity index (χ3v) is 4.12. The topological polar surface area (TPSA) is 29.3 Å². The summed E-state index contributed by atoms with van der Waals surface area (Å²) in [6.45, 7) is 4.21. The van der Waals surface area contributed by atoms with Crippen LogP contribution in [0.3, 0.4) is 0 Å². The van der Waals surface area contributed by atoms with Crippen molar-refractivity contribution in [3.05, 3.63) is 28.0 Å². The first-order chi connectivity index (χ1) is 8.17. The predicted octanol–water partition coefficient (Wildman–Crippen LogP) is 3.28. The molecule has 0 amide bonds. The van der Waals surface area contributed by atoms with E-state index in [1.165, 1.54) is 12.8 Å². The Kier molecular flexibility index (Phi) is 4.05. The molecule has 0 bridgehead atoms. The summed E-state index contributed by atoms with van der Waals surface area (Å²) in [5, 5.41) is 0. The first-order valence-corrected chi connectivity index (χ1v) is 6.88. The van der Waals surface area contributed by atoms with Crippen LogP contribution in [0.25, 0.3) is 0 Å². The summed E-state index contributed by atoms with van der Waals surface area (Å²) < 4.78 is 14.7. The Balaban J connectivity index is 2.26. The van der Waals surface area contributed by atoms with Crippen molar-refractivity contribution in [1.29, 1.82) is 0 Å². The maximum absolute atomic E-state index is 14.2. The van der Waals surface area contributed by atoms with Gasteiger partial charge in [0.25, 0.3) is 0 Å². The Labute approximate surface area is 110 Å². The van der Waals surface area contributed by atoms with Crippen molar-refractivity contribution in [3.63, 3.8) is 0 Å². The Morgan fingerprint density at radius 2 is 2.18 bits per heavy atom. The number of nitrogens with two attached hydrogens (primary N) is 1. The highest BCUT2D eigenvalue weighted by atomic mass is 79.9. The van der Waals surface area contributed by atoms with E-state index in [9.17, 15) is 4.39 Å². The van der Waals surface area contributed by atoms with Gasteiger partial charge in [0.2, 0.25) is 0 Å². The molecule has 1 aromatic carbocycles. The molecule has 1 aromatic rings. The van der Waals surface area contributed by atoms with Crippen LogP contribution in [0, 0.1) is 11.7 Å². The third-order valence-electron chi connectivity index (χ3n) is 3.26. The quantitative estimate of drug-likeness (QED) is 0.904. The summed E-state index contributed by atoms with van der Waals surface area (Å²) in [7, 11) is 0. The molecule has 1 fully saturated rings. The van der Waals surface area contributed by atoms with E-state index in [2.05, 4.69) is 27.8 Å². The summed E-state index contributed by atoms with van der Waals surface area (Å²) in [6, 6.07) is 3.74. The van der Waals surface area contributed by atoms with Crippen molar-refractivity contribution in [2.24, 2.45) is 11.7 Å². The number of benzene rings is 1. The normalized spacial score (nSPS) is 15.1. The molecule has 2 N–H and O–H groups in total. The largest absolute Gasteiger partial charge is 0.369 e. The molecule has 0 spiro atoms. The highest BCUT2D eigenvalue weighted by Crippen LogP contribution is 2.34. The second-order valence-corrected chi connectivity index (χ2v) is 5.35. The molecule has 0 radical (unpaired) electrons. The summed E-state index contributed by atoms with van der Waals surface area (Å²) >= 11 is 3.29. The van der Waals surface area contributed by atoms with E-state index in [0.29, 0.717) is 16.7 Å². The third kappa shape index (κ3) is 2.80. The molecule has 2 nitrogen and oxygen atoms in total. The molecule has 0 atom stereocenters. The van der Waals surface area contributed by atoms with Crippen molar-refractivity contribution >= 4 is 21.6 Å². The van der Waals surface area contributed by atoms with E-state index in [-0.39, 0.29) is 5.82 Å². The van der Waals surface area contributed by atoms with Crippen LogP contribution in [0.15, 0.2) is 16.6 Å². The van der Waals surface area contributed by atoms with E-state index in [1.807, 2.05) is 12.1 Å². The van der Waals surface area contributed by atoms with Crippen molar-refractivity contribution in [1.82, 2.24) is 0 Å². The van der Waals surface area contributed by atoms with E-state index in [4.69, 9.17) is 5.73 Å². The van der Waals surface area contributed by atoms with Crippen LogP contribution in [-0.4, -0.2) is 13.1 Å². The monoisotopic (exact) mass is 300 g/mol. The van der Waals surface area contributed by atoms with Gasteiger partial charge in [0.05, 0.1) is 10.2 Å². The van der Waals surface area contributed by atoms with Gasteiger partial charge in [-0.1, -0.05) is 6.07 Å². The molecule has 1 aliphatic rings. The van der Waals surface area contributed by atoms with Crippen molar-refractivity contribution in [3.8, 4) is 0 Å². The lowest BCUT2D eigenvalue weighted by molar-refractivity contribution is 0.605. The first kappa shape index (κ1) is 12.8. The van der Waals surface area contributed by atoms with Gasteiger partial charge >= 0.3 is 0 Å². The lowest BCUT2D eigenvalue weighted by atomic mass is 10.1. The van der Waals surface area contributed by atoms with Crippen LogP contribution in [0.5, 0.6) is 0 Å². The van der Waals surface area contributed by atoms with Gasteiger partial charge in [0.1, 0.15) is 0 Å². The van der Waals surface area contributed by atoms with Crippen LogP contribution < -0.4 is 10.6 Å². The Morgan fingerprint density at radius 3 is 2.71 bits per heavy atom. The average molecular weight is 301 g/mol. The molecule has 1 aliphatic carbocycles. The Hall–Kier alpha value is -0.610. The fraction of sp³-hybridized carbons (Fsp3) is 0.538. The van der Waals surface area contributed by atoms with E-state index in [1.54, 1.807) is 0 Å². The van der Waals surface area contributed by atoms with Gasteiger partial charge in [-0.25, -0.2) is 4.39 Å². The maximum atomic E-state index is 14.2. The predicted molar refractivity (Wildman–Crippen MR) is 72.6 cm³/mol. The summed E-state index contributed by atoms with van der Waals surface area (Å²) in [6.07, 6.45) is 2.56. The number of halogens is 2. The molecule has 0 heterocycles. The molecular formula is C13H18BrFN2. The lowest BCUT2D eigenvalue weighted by Crippen LogP contribution is -2.26. The molecule has 4 heteroatoms. The maximum Gasteiger partial charge on any atom is 0.160 e. The van der Waals surface area contributed by atoms with E-state index in [0.717, 1.165) is 24.6 Å². The van der Waals surface area contributed by atoms with Gasteiger partial charge in [-0.3, -0.25) is 0 Å². The summed E-state index contributed by atoms with van der Waals surface area (Å²) in [5.74, 6) is 0.567. The molecule has 2 rings (SSSR count). The van der Waals surface area contributed by atoms with Gasteiger partial charge in [0, 0.05) is 19.6 Å². The summed E-state index contributed by atoms with van der Waals surface area (Å²) in [5.41, 5.74) is 7.06. The van der Waals surface area contributed by atoms with Crippen LogP contribution in [0.4, 0.5) is 10.1 Å². The van der Waals surface area contributed by atoms with Crippen LogP contribution >= 0.6 is 15.9 Å². The van der Waals surface area contributed by atoms with Crippen molar-refractivity contribution < 1.29 is 4.39 Å². The first-order valence-electron chi connectivity index (χ1n) is 6.09. The average Bonchev–Trinajstić information content (AvgIpc) is 3.14. The number of nitrogens with zero attached hydrogens (tertiary/aromatic N) is 1. The van der Waals surface area contributed by atoms with Crippen LogP contribution in [-0.2, 0) is 6.54 Å². The molecule has 1 saturated carbocycles. The highest BCUT2D eigenvalue weighted by Gasteiger charge is 2.25. The molecule has 0 aliphatic heterocycles. The molecule has 0 saturated heterocycles.